The fourth-order valence-corrected chi connectivity index (χ4v) is 3.74. The Morgan fingerprint density at radius 3 is 2.61 bits per heavy atom. The number of aromatic nitrogens is 3. The zero-order valence-corrected chi connectivity index (χ0v) is 13.3. The van der Waals surface area contributed by atoms with E-state index in [-0.39, 0.29) is 0 Å². The smallest absolute Gasteiger partial charge is 0.194 e. The first-order chi connectivity index (χ1) is 11.4. The molecule has 0 aliphatic heterocycles. The molecule has 4 aromatic rings. The lowest BCUT2D eigenvalue weighted by atomic mass is 10.1. The van der Waals surface area contributed by atoms with E-state index in [1.54, 1.807) is 17.5 Å². The minimum Gasteiger partial charge on any atom is -0.330 e. The maximum atomic E-state index is 5.87. The Morgan fingerprint density at radius 2 is 1.87 bits per heavy atom. The summed E-state index contributed by atoms with van der Waals surface area (Å²) < 4.78 is 2.22. The first-order valence-electron chi connectivity index (χ1n) is 7.53. The van der Waals surface area contributed by atoms with Gasteiger partial charge >= 0.3 is 0 Å². The number of thiazole rings is 1. The molecule has 0 radical (unpaired) electrons. The Kier molecular flexibility index (Phi) is 3.65. The summed E-state index contributed by atoms with van der Waals surface area (Å²) in [4.78, 5) is 10.1. The van der Waals surface area contributed by atoms with Crippen LogP contribution in [0.15, 0.2) is 60.2 Å². The maximum absolute atomic E-state index is 5.87. The average Bonchev–Trinajstić information content (AvgIpc) is 3.17. The number of pyridine rings is 1. The highest BCUT2D eigenvalue weighted by atomic mass is 32.1. The molecular formula is C18H16N4S. The van der Waals surface area contributed by atoms with Crippen molar-refractivity contribution in [2.24, 2.45) is 5.73 Å². The third-order valence-electron chi connectivity index (χ3n) is 3.84. The van der Waals surface area contributed by atoms with E-state index in [4.69, 9.17) is 10.7 Å². The Balaban J connectivity index is 1.97. The topological polar surface area (TPSA) is 56.2 Å². The van der Waals surface area contributed by atoms with Gasteiger partial charge in [0.05, 0.1) is 17.1 Å². The normalized spacial score (nSPS) is 11.2. The van der Waals surface area contributed by atoms with Crippen molar-refractivity contribution in [1.82, 2.24) is 14.4 Å². The van der Waals surface area contributed by atoms with Crippen LogP contribution >= 0.6 is 11.3 Å². The molecule has 0 saturated heterocycles. The van der Waals surface area contributed by atoms with Crippen LogP contribution in [0.1, 0.15) is 5.69 Å². The van der Waals surface area contributed by atoms with Crippen molar-refractivity contribution < 1.29 is 0 Å². The summed E-state index contributed by atoms with van der Waals surface area (Å²) in [5, 5.41) is 2.13. The van der Waals surface area contributed by atoms with E-state index in [1.165, 1.54) is 0 Å². The summed E-state index contributed by atoms with van der Waals surface area (Å²) in [6.45, 7) is 0.593. The number of rotatable bonds is 4. The Labute approximate surface area is 138 Å². The van der Waals surface area contributed by atoms with Gasteiger partial charge in [0.25, 0.3) is 0 Å². The van der Waals surface area contributed by atoms with E-state index < -0.39 is 0 Å². The van der Waals surface area contributed by atoms with Crippen LogP contribution in [-0.2, 0) is 6.42 Å². The van der Waals surface area contributed by atoms with Gasteiger partial charge in [-0.25, -0.2) is 4.98 Å². The van der Waals surface area contributed by atoms with Crippen molar-refractivity contribution in [3.63, 3.8) is 0 Å². The van der Waals surface area contributed by atoms with Gasteiger partial charge in [-0.2, -0.15) is 0 Å². The molecule has 114 valence electrons. The predicted octanol–water partition coefficient (Wildman–Crippen LogP) is 3.63. The van der Waals surface area contributed by atoms with Crippen molar-refractivity contribution in [3.8, 4) is 22.5 Å². The third-order valence-corrected chi connectivity index (χ3v) is 4.67. The number of hydrogen-bond donors (Lipinski definition) is 1. The van der Waals surface area contributed by atoms with E-state index in [0.29, 0.717) is 6.54 Å². The molecule has 0 spiro atoms. The summed E-state index contributed by atoms with van der Waals surface area (Å²) in [5.41, 5.74) is 11.4. The minimum absolute atomic E-state index is 0.593. The average molecular weight is 320 g/mol. The Hall–Kier alpha value is -2.50. The lowest BCUT2D eigenvalue weighted by molar-refractivity contribution is 0.913. The number of nitrogens with two attached hydrogens (primary N) is 1. The Bertz CT molecular complexity index is 926. The molecule has 4 nitrogen and oxygen atoms in total. The van der Waals surface area contributed by atoms with Crippen molar-refractivity contribution in [2.45, 2.75) is 6.42 Å². The number of nitrogens with zero attached hydrogens (tertiary/aromatic N) is 3. The molecule has 0 unspecified atom stereocenters. The zero-order valence-electron chi connectivity index (χ0n) is 12.5. The van der Waals surface area contributed by atoms with Gasteiger partial charge in [0.2, 0.25) is 0 Å². The number of fused-ring (bicyclic) bond motifs is 1. The molecule has 0 amide bonds. The van der Waals surface area contributed by atoms with Crippen LogP contribution in [0.2, 0.25) is 0 Å². The summed E-state index contributed by atoms with van der Waals surface area (Å²) in [6.07, 6.45) is 4.46. The molecule has 0 atom stereocenters. The lowest BCUT2D eigenvalue weighted by Gasteiger charge is -2.06. The van der Waals surface area contributed by atoms with Crippen LogP contribution in [-0.4, -0.2) is 20.9 Å². The number of benzene rings is 1. The molecule has 1 aromatic carbocycles. The van der Waals surface area contributed by atoms with Gasteiger partial charge in [0.1, 0.15) is 0 Å². The van der Waals surface area contributed by atoms with Crippen LogP contribution in [0.3, 0.4) is 0 Å². The van der Waals surface area contributed by atoms with E-state index in [1.807, 2.05) is 30.5 Å². The fraction of sp³-hybridized carbons (Fsp3) is 0.111. The molecule has 4 rings (SSSR count). The Morgan fingerprint density at radius 1 is 1.04 bits per heavy atom. The van der Waals surface area contributed by atoms with Crippen molar-refractivity contribution >= 4 is 16.3 Å². The SMILES string of the molecule is NCCc1c(-c2ccccc2)nc2scc(-c3cccnc3)n12. The standard InChI is InChI=1S/C18H16N4S/c19-9-8-15-17(13-5-2-1-3-6-13)21-18-22(15)16(12-23-18)14-7-4-10-20-11-14/h1-7,10-12H,8-9,19H2. The molecule has 0 aliphatic carbocycles. The summed E-state index contributed by atoms with van der Waals surface area (Å²) in [6, 6.07) is 14.3. The second-order valence-corrected chi connectivity index (χ2v) is 6.13. The first-order valence-corrected chi connectivity index (χ1v) is 8.41. The van der Waals surface area contributed by atoms with Gasteiger partial charge in [-0.05, 0) is 18.7 Å². The fourth-order valence-electron chi connectivity index (χ4n) is 2.83. The lowest BCUT2D eigenvalue weighted by Crippen LogP contribution is -2.06. The molecule has 3 aromatic heterocycles. The van der Waals surface area contributed by atoms with Gasteiger partial charge in [0.15, 0.2) is 4.96 Å². The van der Waals surface area contributed by atoms with Crippen LogP contribution in [0, 0.1) is 0 Å². The van der Waals surface area contributed by atoms with Crippen molar-refractivity contribution in [3.05, 3.63) is 65.9 Å². The highest BCUT2D eigenvalue weighted by molar-refractivity contribution is 7.15. The number of hydrogen-bond acceptors (Lipinski definition) is 4. The predicted molar refractivity (Wildman–Crippen MR) is 94.5 cm³/mol. The molecule has 0 aliphatic rings. The van der Waals surface area contributed by atoms with Gasteiger partial charge in [-0.15, -0.1) is 11.3 Å². The van der Waals surface area contributed by atoms with E-state index >= 15 is 0 Å². The maximum Gasteiger partial charge on any atom is 0.194 e. The van der Waals surface area contributed by atoms with Gasteiger partial charge in [0, 0.05) is 35.3 Å². The molecule has 0 bridgehead atoms. The highest BCUT2D eigenvalue weighted by Crippen LogP contribution is 2.32. The van der Waals surface area contributed by atoms with E-state index in [2.05, 4.69) is 33.0 Å². The molecule has 0 saturated carbocycles. The second kappa shape index (κ2) is 5.95. The highest BCUT2D eigenvalue weighted by Gasteiger charge is 2.18. The van der Waals surface area contributed by atoms with Crippen LogP contribution in [0.25, 0.3) is 27.5 Å². The van der Waals surface area contributed by atoms with Gasteiger partial charge in [-0.3, -0.25) is 9.38 Å². The van der Waals surface area contributed by atoms with Crippen molar-refractivity contribution in [1.29, 1.82) is 0 Å². The summed E-state index contributed by atoms with van der Waals surface area (Å²) >= 11 is 1.65. The van der Waals surface area contributed by atoms with E-state index in [9.17, 15) is 0 Å². The first kappa shape index (κ1) is 14.1. The minimum atomic E-state index is 0.593. The molecular weight excluding hydrogens is 304 g/mol. The molecule has 23 heavy (non-hydrogen) atoms. The second-order valence-electron chi connectivity index (χ2n) is 5.29. The summed E-state index contributed by atoms with van der Waals surface area (Å²) in [5.74, 6) is 0. The number of imidazole rings is 1. The summed E-state index contributed by atoms with van der Waals surface area (Å²) in [7, 11) is 0. The monoisotopic (exact) mass is 320 g/mol. The van der Waals surface area contributed by atoms with Gasteiger partial charge in [-0.1, -0.05) is 30.3 Å². The van der Waals surface area contributed by atoms with Crippen molar-refractivity contribution in [2.75, 3.05) is 6.54 Å². The molecule has 3 heterocycles. The van der Waals surface area contributed by atoms with Crippen LogP contribution in [0.5, 0.6) is 0 Å². The quantitative estimate of drug-likeness (QED) is 0.625. The van der Waals surface area contributed by atoms with Crippen LogP contribution < -0.4 is 5.73 Å². The largest absolute Gasteiger partial charge is 0.330 e. The van der Waals surface area contributed by atoms with Crippen LogP contribution in [0.4, 0.5) is 0 Å². The molecule has 0 fully saturated rings. The van der Waals surface area contributed by atoms with E-state index in [0.717, 1.165) is 39.6 Å². The van der Waals surface area contributed by atoms with Gasteiger partial charge < -0.3 is 5.73 Å². The molecule has 5 heteroatoms. The third kappa shape index (κ3) is 2.44. The zero-order chi connectivity index (χ0) is 15.6. The molecule has 2 N–H and O–H groups in total.